The molecule has 2 N–H and O–H groups in total. The maximum Gasteiger partial charge on any atom is 0.309 e. The number of aliphatic hydroxyl groups is 1. The number of carboxylic acid groups (broad SMARTS) is 1. The number of carbonyl (C=O) groups excluding carboxylic acids is 1. The predicted molar refractivity (Wildman–Crippen MR) is 110 cm³/mol. The molecule has 0 amide bonds. The lowest BCUT2D eigenvalue weighted by atomic mass is 9.94. The second-order valence-electron chi connectivity index (χ2n) is 7.35. The summed E-state index contributed by atoms with van der Waals surface area (Å²) >= 11 is 6.24. The van der Waals surface area contributed by atoms with Crippen molar-refractivity contribution >= 4 is 40.2 Å². The number of hydrogen-bond donors (Lipinski definition) is 2. The number of nitrogens with zero attached hydrogens (tertiary/aromatic N) is 3. The van der Waals surface area contributed by atoms with E-state index in [1.54, 1.807) is 36.1 Å². The van der Waals surface area contributed by atoms with E-state index in [4.69, 9.17) is 11.6 Å². The van der Waals surface area contributed by atoms with Crippen molar-refractivity contribution in [1.82, 2.24) is 9.78 Å². The highest BCUT2D eigenvalue weighted by atomic mass is 35.5. The third kappa shape index (κ3) is 3.32. The molecule has 0 spiro atoms. The van der Waals surface area contributed by atoms with Crippen molar-refractivity contribution in [3.05, 3.63) is 58.4 Å². The number of carboxylic acids is 1. The Morgan fingerprint density at radius 2 is 1.97 bits per heavy atom. The van der Waals surface area contributed by atoms with Crippen molar-refractivity contribution in [2.24, 2.45) is 5.92 Å². The van der Waals surface area contributed by atoms with Gasteiger partial charge < -0.3 is 15.1 Å². The summed E-state index contributed by atoms with van der Waals surface area (Å²) in [5.41, 5.74) is 1.19. The van der Waals surface area contributed by atoms with Gasteiger partial charge in [-0.2, -0.15) is 4.68 Å². The van der Waals surface area contributed by atoms with Crippen LogP contribution in [0, 0.1) is 18.7 Å². The Hall–Kier alpha value is -2.97. The quantitative estimate of drug-likeness (QED) is 0.661. The van der Waals surface area contributed by atoms with Crippen LogP contribution in [0.2, 0.25) is 5.02 Å². The molecule has 1 aliphatic heterocycles. The molecular weight excluding hydrogens is 413 g/mol. The van der Waals surface area contributed by atoms with Crippen molar-refractivity contribution in [3.8, 4) is 0 Å². The Bertz CT molecular complexity index is 1140. The topological polar surface area (TPSA) is 95.7 Å². The summed E-state index contributed by atoms with van der Waals surface area (Å²) in [5, 5.41) is 24.2. The van der Waals surface area contributed by atoms with E-state index in [1.165, 1.54) is 12.1 Å². The Morgan fingerprint density at radius 3 is 2.63 bits per heavy atom. The first-order valence-corrected chi connectivity index (χ1v) is 9.80. The van der Waals surface area contributed by atoms with Crippen LogP contribution in [0.25, 0.3) is 10.9 Å². The minimum Gasteiger partial charge on any atom is -0.481 e. The third-order valence-electron chi connectivity index (χ3n) is 5.46. The fourth-order valence-electron chi connectivity index (χ4n) is 3.91. The number of piperidine rings is 1. The van der Waals surface area contributed by atoms with Gasteiger partial charge in [-0.3, -0.25) is 9.59 Å². The Labute approximate surface area is 176 Å². The van der Waals surface area contributed by atoms with Gasteiger partial charge in [-0.05, 0) is 37.1 Å². The number of hydrogen-bond acceptors (Lipinski definition) is 5. The molecule has 2 aromatic carbocycles. The molecule has 0 saturated carbocycles. The lowest BCUT2D eigenvalue weighted by Crippen LogP contribution is -2.47. The fourth-order valence-corrected chi connectivity index (χ4v) is 4.21. The van der Waals surface area contributed by atoms with E-state index in [1.807, 2.05) is 0 Å². The maximum absolute atomic E-state index is 14.8. The van der Waals surface area contributed by atoms with Crippen LogP contribution in [0.5, 0.6) is 0 Å². The van der Waals surface area contributed by atoms with Gasteiger partial charge in [0.1, 0.15) is 5.82 Å². The van der Waals surface area contributed by atoms with Gasteiger partial charge in [0, 0.05) is 13.1 Å². The summed E-state index contributed by atoms with van der Waals surface area (Å²) in [5.74, 6) is -2.85. The number of carbonyl (C=O) groups is 2. The zero-order valence-electron chi connectivity index (χ0n) is 16.0. The highest BCUT2D eigenvalue weighted by Crippen LogP contribution is 2.33. The number of aromatic nitrogens is 2. The van der Waals surface area contributed by atoms with E-state index in [9.17, 15) is 24.2 Å². The minimum absolute atomic E-state index is 0.0310. The van der Waals surface area contributed by atoms with Crippen LogP contribution in [0.4, 0.5) is 10.2 Å². The van der Waals surface area contributed by atoms with Crippen molar-refractivity contribution < 1.29 is 24.2 Å². The molecule has 9 heteroatoms. The van der Waals surface area contributed by atoms with Crippen molar-refractivity contribution in [2.75, 3.05) is 18.0 Å². The first-order valence-electron chi connectivity index (χ1n) is 9.42. The number of aryl methyl sites for hydroxylation is 1. The molecule has 7 nitrogen and oxygen atoms in total. The number of β-amino-alcohol motifs (C(OH)–C–C–N with tert-alkyl or cyclic N) is 1. The molecule has 0 radical (unpaired) electrons. The van der Waals surface area contributed by atoms with E-state index < -0.39 is 29.7 Å². The SMILES string of the molecule is Cc1cccc(Cl)c1C(=O)n1nc(N2CC[C@H](C(=O)O)[C@@H](O)C2)c2c(F)cccc21. The summed E-state index contributed by atoms with van der Waals surface area (Å²) in [6, 6.07) is 9.41. The number of benzene rings is 2. The molecule has 1 saturated heterocycles. The van der Waals surface area contributed by atoms with Crippen molar-refractivity contribution in [1.29, 1.82) is 0 Å². The van der Waals surface area contributed by atoms with Crippen LogP contribution < -0.4 is 4.90 Å². The molecule has 2 heterocycles. The van der Waals surface area contributed by atoms with Gasteiger partial charge >= 0.3 is 5.97 Å². The summed E-state index contributed by atoms with van der Waals surface area (Å²) in [6.07, 6.45) is -0.957. The van der Waals surface area contributed by atoms with Crippen LogP contribution in [0.3, 0.4) is 0 Å². The summed E-state index contributed by atoms with van der Waals surface area (Å²) in [4.78, 5) is 26.1. The van der Waals surface area contributed by atoms with Crippen LogP contribution in [-0.4, -0.2) is 51.1 Å². The predicted octanol–water partition coefficient (Wildman–Crippen LogP) is 3.10. The van der Waals surface area contributed by atoms with Crippen LogP contribution in [0.1, 0.15) is 22.3 Å². The number of aliphatic hydroxyl groups excluding tert-OH is 1. The fraction of sp³-hybridized carbons (Fsp3) is 0.286. The molecule has 4 rings (SSSR count). The molecule has 156 valence electrons. The van der Waals surface area contributed by atoms with Gasteiger partial charge in [0.15, 0.2) is 5.82 Å². The summed E-state index contributed by atoms with van der Waals surface area (Å²) in [7, 11) is 0. The maximum atomic E-state index is 14.8. The highest BCUT2D eigenvalue weighted by Gasteiger charge is 2.35. The second-order valence-corrected chi connectivity index (χ2v) is 7.76. The molecular formula is C21H19ClFN3O4. The Balaban J connectivity index is 1.82. The van der Waals surface area contributed by atoms with Crippen LogP contribution in [0.15, 0.2) is 36.4 Å². The number of aliphatic carboxylic acids is 1. The monoisotopic (exact) mass is 431 g/mol. The van der Waals surface area contributed by atoms with Gasteiger partial charge in [-0.15, -0.1) is 5.10 Å². The average Bonchev–Trinajstić information content (AvgIpc) is 3.08. The number of fused-ring (bicyclic) bond motifs is 1. The van der Waals surface area contributed by atoms with E-state index in [-0.39, 0.29) is 46.8 Å². The molecule has 0 aliphatic carbocycles. The zero-order valence-corrected chi connectivity index (χ0v) is 16.8. The van der Waals surface area contributed by atoms with E-state index in [2.05, 4.69) is 5.10 Å². The first kappa shape index (κ1) is 20.3. The summed E-state index contributed by atoms with van der Waals surface area (Å²) in [6.45, 7) is 1.98. The van der Waals surface area contributed by atoms with Crippen LogP contribution >= 0.6 is 11.6 Å². The molecule has 1 fully saturated rings. The largest absolute Gasteiger partial charge is 0.481 e. The molecule has 3 aromatic rings. The average molecular weight is 432 g/mol. The molecule has 1 aromatic heterocycles. The number of rotatable bonds is 3. The van der Waals surface area contributed by atoms with Gasteiger partial charge in [0.2, 0.25) is 0 Å². The first-order chi connectivity index (χ1) is 14.3. The van der Waals surface area contributed by atoms with Gasteiger partial charge in [0.25, 0.3) is 5.91 Å². The van der Waals surface area contributed by atoms with Crippen LogP contribution in [-0.2, 0) is 4.79 Å². The minimum atomic E-state index is -1.13. The normalized spacial score (nSPS) is 19.3. The van der Waals surface area contributed by atoms with E-state index in [0.717, 1.165) is 4.68 Å². The van der Waals surface area contributed by atoms with E-state index >= 15 is 0 Å². The molecule has 1 aliphatic rings. The lowest BCUT2D eigenvalue weighted by molar-refractivity contribution is -0.146. The third-order valence-corrected chi connectivity index (χ3v) is 5.78. The number of halogens is 2. The summed E-state index contributed by atoms with van der Waals surface area (Å²) < 4.78 is 15.9. The van der Waals surface area contributed by atoms with Gasteiger partial charge in [0.05, 0.1) is 33.5 Å². The lowest BCUT2D eigenvalue weighted by Gasteiger charge is -2.34. The highest BCUT2D eigenvalue weighted by molar-refractivity contribution is 6.34. The zero-order chi connectivity index (χ0) is 21.6. The van der Waals surface area contributed by atoms with Gasteiger partial charge in [-0.25, -0.2) is 4.39 Å². The van der Waals surface area contributed by atoms with Crippen molar-refractivity contribution in [2.45, 2.75) is 19.4 Å². The van der Waals surface area contributed by atoms with Gasteiger partial charge in [-0.1, -0.05) is 29.8 Å². The molecule has 0 bridgehead atoms. The molecule has 30 heavy (non-hydrogen) atoms. The number of anilines is 1. The molecule has 0 unspecified atom stereocenters. The molecule has 2 atom stereocenters. The van der Waals surface area contributed by atoms with E-state index in [0.29, 0.717) is 5.56 Å². The smallest absolute Gasteiger partial charge is 0.309 e. The van der Waals surface area contributed by atoms with Crippen molar-refractivity contribution in [3.63, 3.8) is 0 Å². The second kappa shape index (κ2) is 7.70. The standard InChI is InChI=1S/C21H19ClFN3O4/c1-11-4-2-5-13(22)17(11)20(28)26-15-7-3-6-14(23)18(15)19(24-26)25-9-8-12(21(29)30)16(27)10-25/h2-7,12,16,27H,8-10H2,1H3,(H,29,30)/t12-,16-/m0/s1. The Kier molecular flexibility index (Phi) is 5.21. The Morgan fingerprint density at radius 1 is 1.23 bits per heavy atom.